The Morgan fingerprint density at radius 3 is 3.17 bits per heavy atom. The smallest absolute Gasteiger partial charge is 0.277 e. The van der Waals surface area contributed by atoms with Gasteiger partial charge in [-0.05, 0) is 19.3 Å². The fourth-order valence-electron chi connectivity index (χ4n) is 1.98. The van der Waals surface area contributed by atoms with Crippen molar-refractivity contribution >= 4 is 11.3 Å². The molecule has 0 aliphatic carbocycles. The third-order valence-corrected chi connectivity index (χ3v) is 3.88. The summed E-state index contributed by atoms with van der Waals surface area (Å²) in [6.07, 6.45) is 3.07. The number of aromatic nitrogens is 3. The first-order valence-corrected chi connectivity index (χ1v) is 7.11. The molecule has 1 unspecified atom stereocenters. The minimum Gasteiger partial charge on any atom is -0.381 e. The molecule has 1 aliphatic heterocycles. The number of thiazole rings is 1. The largest absolute Gasteiger partial charge is 0.381 e. The van der Waals surface area contributed by atoms with Gasteiger partial charge in [0.1, 0.15) is 5.69 Å². The van der Waals surface area contributed by atoms with Crippen molar-refractivity contribution in [3.05, 3.63) is 16.2 Å². The van der Waals surface area contributed by atoms with Crippen LogP contribution in [-0.2, 0) is 11.2 Å². The molecular weight excluding hydrogens is 250 g/mol. The van der Waals surface area contributed by atoms with Crippen LogP contribution in [0.5, 0.6) is 0 Å². The van der Waals surface area contributed by atoms with Crippen molar-refractivity contribution in [3.63, 3.8) is 0 Å². The summed E-state index contributed by atoms with van der Waals surface area (Å²) in [6, 6.07) is 0. The number of aryl methyl sites for hydroxylation is 1. The van der Waals surface area contributed by atoms with E-state index in [0.29, 0.717) is 12.5 Å². The van der Waals surface area contributed by atoms with Crippen LogP contribution in [0.4, 0.5) is 0 Å². The van der Waals surface area contributed by atoms with E-state index in [1.807, 2.05) is 5.38 Å². The number of hydrogen-bond acceptors (Lipinski definition) is 6. The molecule has 3 heterocycles. The molecule has 2 aromatic rings. The first-order valence-electron chi connectivity index (χ1n) is 6.23. The van der Waals surface area contributed by atoms with Gasteiger partial charge in [0.2, 0.25) is 0 Å². The van der Waals surface area contributed by atoms with E-state index < -0.39 is 0 Å². The summed E-state index contributed by atoms with van der Waals surface area (Å²) in [5.41, 5.74) is 0.793. The Labute approximate surface area is 109 Å². The highest BCUT2D eigenvalue weighted by Crippen LogP contribution is 2.26. The Morgan fingerprint density at radius 1 is 1.44 bits per heavy atom. The molecular formula is C12H15N3O2S. The van der Waals surface area contributed by atoms with Crippen LogP contribution >= 0.6 is 11.3 Å². The molecule has 1 aliphatic rings. The van der Waals surface area contributed by atoms with Crippen molar-refractivity contribution < 1.29 is 9.26 Å². The lowest BCUT2D eigenvalue weighted by Gasteiger charge is -1.97. The summed E-state index contributed by atoms with van der Waals surface area (Å²) in [7, 11) is 0. The second kappa shape index (κ2) is 5.16. The zero-order valence-electron chi connectivity index (χ0n) is 10.3. The summed E-state index contributed by atoms with van der Waals surface area (Å²) >= 11 is 1.65. The molecule has 0 N–H and O–H groups in total. The standard InChI is InChI=1S/C12H15N3O2S/c1-2-3-10-13-9(7-18-10)12-14-11(15-17-12)8-4-5-16-6-8/h7-8H,2-6H2,1H3. The van der Waals surface area contributed by atoms with Crippen LogP contribution in [0.25, 0.3) is 11.6 Å². The zero-order valence-corrected chi connectivity index (χ0v) is 11.1. The molecule has 1 saturated heterocycles. The molecule has 0 aromatic carbocycles. The maximum absolute atomic E-state index is 5.33. The van der Waals surface area contributed by atoms with Crippen LogP contribution < -0.4 is 0 Å². The van der Waals surface area contributed by atoms with Crippen LogP contribution in [0.15, 0.2) is 9.90 Å². The second-order valence-corrected chi connectivity index (χ2v) is 5.34. The lowest BCUT2D eigenvalue weighted by Crippen LogP contribution is -1.99. The lowest BCUT2D eigenvalue weighted by molar-refractivity contribution is 0.192. The summed E-state index contributed by atoms with van der Waals surface area (Å²) in [5, 5.41) is 7.13. The van der Waals surface area contributed by atoms with Gasteiger partial charge >= 0.3 is 0 Å². The average molecular weight is 265 g/mol. The predicted molar refractivity (Wildman–Crippen MR) is 67.6 cm³/mol. The SMILES string of the molecule is CCCc1nc(-c2nc(C3CCOC3)no2)cs1. The molecule has 96 valence electrons. The minimum absolute atomic E-state index is 0.274. The number of hydrogen-bond donors (Lipinski definition) is 0. The molecule has 0 bridgehead atoms. The van der Waals surface area contributed by atoms with E-state index in [2.05, 4.69) is 22.0 Å². The normalized spacial score (nSPS) is 19.5. The van der Waals surface area contributed by atoms with E-state index in [9.17, 15) is 0 Å². The van der Waals surface area contributed by atoms with Gasteiger partial charge in [-0.2, -0.15) is 4.98 Å². The fraction of sp³-hybridized carbons (Fsp3) is 0.583. The van der Waals surface area contributed by atoms with Crippen molar-refractivity contribution in [2.24, 2.45) is 0 Å². The highest BCUT2D eigenvalue weighted by atomic mass is 32.1. The van der Waals surface area contributed by atoms with Crippen LogP contribution in [0.3, 0.4) is 0 Å². The van der Waals surface area contributed by atoms with Gasteiger partial charge in [0.25, 0.3) is 5.89 Å². The van der Waals surface area contributed by atoms with Crippen molar-refractivity contribution in [1.82, 2.24) is 15.1 Å². The molecule has 0 spiro atoms. The maximum atomic E-state index is 5.33. The third kappa shape index (κ3) is 2.30. The Hall–Kier alpha value is -1.27. The monoisotopic (exact) mass is 265 g/mol. The average Bonchev–Trinajstić information content (AvgIpc) is 3.10. The van der Waals surface area contributed by atoms with E-state index in [1.165, 1.54) is 0 Å². The number of rotatable bonds is 4. The number of nitrogens with zero attached hydrogens (tertiary/aromatic N) is 3. The van der Waals surface area contributed by atoms with Gasteiger partial charge in [0, 0.05) is 17.9 Å². The molecule has 3 rings (SSSR count). The lowest BCUT2D eigenvalue weighted by atomic mass is 10.1. The second-order valence-electron chi connectivity index (χ2n) is 4.39. The Morgan fingerprint density at radius 2 is 2.39 bits per heavy atom. The van der Waals surface area contributed by atoms with E-state index >= 15 is 0 Å². The summed E-state index contributed by atoms with van der Waals surface area (Å²) in [4.78, 5) is 8.92. The summed E-state index contributed by atoms with van der Waals surface area (Å²) < 4.78 is 10.6. The molecule has 1 fully saturated rings. The first-order chi connectivity index (χ1) is 8.86. The molecule has 6 heteroatoms. The molecule has 0 saturated carbocycles. The predicted octanol–water partition coefficient (Wildman–Crippen LogP) is 2.65. The summed E-state index contributed by atoms with van der Waals surface area (Å²) in [5.74, 6) is 1.54. The van der Waals surface area contributed by atoms with Gasteiger partial charge in [-0.15, -0.1) is 11.3 Å². The molecule has 2 aromatic heterocycles. The maximum Gasteiger partial charge on any atom is 0.277 e. The molecule has 0 radical (unpaired) electrons. The molecule has 1 atom stereocenters. The van der Waals surface area contributed by atoms with Crippen LogP contribution in [0.2, 0.25) is 0 Å². The topological polar surface area (TPSA) is 61.0 Å². The van der Waals surface area contributed by atoms with Gasteiger partial charge < -0.3 is 9.26 Å². The highest BCUT2D eigenvalue weighted by Gasteiger charge is 2.24. The van der Waals surface area contributed by atoms with E-state index in [1.54, 1.807) is 11.3 Å². The molecule has 0 amide bonds. The minimum atomic E-state index is 0.274. The van der Waals surface area contributed by atoms with Crippen molar-refractivity contribution in [2.75, 3.05) is 13.2 Å². The van der Waals surface area contributed by atoms with Gasteiger partial charge in [-0.3, -0.25) is 0 Å². The Balaban J connectivity index is 1.78. The van der Waals surface area contributed by atoms with E-state index in [0.717, 1.165) is 42.4 Å². The Bertz CT molecular complexity index is 517. The molecule has 5 nitrogen and oxygen atoms in total. The highest BCUT2D eigenvalue weighted by molar-refractivity contribution is 7.09. The quantitative estimate of drug-likeness (QED) is 0.850. The van der Waals surface area contributed by atoms with Crippen molar-refractivity contribution in [1.29, 1.82) is 0 Å². The van der Waals surface area contributed by atoms with Gasteiger partial charge in [-0.25, -0.2) is 4.98 Å². The van der Waals surface area contributed by atoms with Crippen molar-refractivity contribution in [2.45, 2.75) is 32.1 Å². The fourth-order valence-corrected chi connectivity index (χ4v) is 2.85. The van der Waals surface area contributed by atoms with E-state index in [4.69, 9.17) is 9.26 Å². The van der Waals surface area contributed by atoms with Gasteiger partial charge in [0.05, 0.1) is 11.6 Å². The van der Waals surface area contributed by atoms with Gasteiger partial charge in [0.15, 0.2) is 5.82 Å². The van der Waals surface area contributed by atoms with Gasteiger partial charge in [-0.1, -0.05) is 12.1 Å². The number of ether oxygens (including phenoxy) is 1. The van der Waals surface area contributed by atoms with E-state index in [-0.39, 0.29) is 5.92 Å². The van der Waals surface area contributed by atoms with Crippen LogP contribution in [0, 0.1) is 0 Å². The van der Waals surface area contributed by atoms with Crippen LogP contribution in [0.1, 0.15) is 36.5 Å². The summed E-state index contributed by atoms with van der Waals surface area (Å²) in [6.45, 7) is 3.62. The first kappa shape index (κ1) is 11.8. The van der Waals surface area contributed by atoms with Crippen molar-refractivity contribution in [3.8, 4) is 11.6 Å². The Kier molecular flexibility index (Phi) is 3.38. The molecule has 18 heavy (non-hydrogen) atoms. The third-order valence-electron chi connectivity index (χ3n) is 2.97. The zero-order chi connectivity index (χ0) is 12.4. The van der Waals surface area contributed by atoms with Crippen LogP contribution in [-0.4, -0.2) is 28.3 Å².